The third-order valence-electron chi connectivity index (χ3n) is 7.00. The predicted octanol–water partition coefficient (Wildman–Crippen LogP) is 4.93. The number of aryl methyl sites for hydroxylation is 3. The van der Waals surface area contributed by atoms with E-state index in [1.165, 1.54) is 4.90 Å². The molecule has 0 fully saturated rings. The third-order valence-corrected chi connectivity index (χ3v) is 8.13. The fourth-order valence-electron chi connectivity index (χ4n) is 4.71. The summed E-state index contributed by atoms with van der Waals surface area (Å²) in [4.78, 5) is 29.4. The van der Waals surface area contributed by atoms with Crippen LogP contribution in [-0.4, -0.2) is 50.5 Å². The molecule has 0 radical (unpaired) electrons. The Balaban J connectivity index is 2.06. The van der Waals surface area contributed by atoms with Gasteiger partial charge in [-0.3, -0.25) is 13.9 Å². The highest BCUT2D eigenvalue weighted by Gasteiger charge is 2.33. The molecule has 0 aromatic heterocycles. The SMILES string of the molecule is CCCCNC(=O)[C@@H](Cc1ccccc1)N(Cc1ccccc1C)C(=O)CN(c1ccc(C)cc1C)S(C)(=O)=O. The Morgan fingerprint density at radius 3 is 2.20 bits per heavy atom. The molecule has 7 nitrogen and oxygen atoms in total. The van der Waals surface area contributed by atoms with E-state index in [-0.39, 0.29) is 12.5 Å². The van der Waals surface area contributed by atoms with Gasteiger partial charge in [0.15, 0.2) is 0 Å². The van der Waals surface area contributed by atoms with Crippen LogP contribution in [0.5, 0.6) is 0 Å². The highest BCUT2D eigenvalue weighted by molar-refractivity contribution is 7.92. The van der Waals surface area contributed by atoms with E-state index in [1.807, 2.05) is 87.5 Å². The van der Waals surface area contributed by atoms with Crippen molar-refractivity contribution in [2.75, 3.05) is 23.7 Å². The van der Waals surface area contributed by atoms with Crippen LogP contribution in [0.3, 0.4) is 0 Å². The van der Waals surface area contributed by atoms with E-state index in [9.17, 15) is 18.0 Å². The first-order valence-corrected chi connectivity index (χ1v) is 15.6. The Labute approximate surface area is 239 Å². The van der Waals surface area contributed by atoms with Gasteiger partial charge < -0.3 is 10.2 Å². The predicted molar refractivity (Wildman–Crippen MR) is 162 cm³/mol. The van der Waals surface area contributed by atoms with Gasteiger partial charge in [-0.25, -0.2) is 8.42 Å². The van der Waals surface area contributed by atoms with Crippen LogP contribution in [0.4, 0.5) is 5.69 Å². The zero-order valence-electron chi connectivity index (χ0n) is 24.2. The summed E-state index contributed by atoms with van der Waals surface area (Å²) in [5, 5.41) is 3.01. The maximum atomic E-state index is 14.2. The zero-order chi connectivity index (χ0) is 29.3. The summed E-state index contributed by atoms with van der Waals surface area (Å²) in [6.45, 7) is 8.04. The maximum Gasteiger partial charge on any atom is 0.244 e. The number of hydrogen-bond donors (Lipinski definition) is 1. The summed E-state index contributed by atoms with van der Waals surface area (Å²) in [6, 6.07) is 21.9. The van der Waals surface area contributed by atoms with Gasteiger partial charge in [0, 0.05) is 19.5 Å². The lowest BCUT2D eigenvalue weighted by molar-refractivity contribution is -0.140. The van der Waals surface area contributed by atoms with Gasteiger partial charge in [-0.05, 0) is 55.5 Å². The lowest BCUT2D eigenvalue weighted by Crippen LogP contribution is -2.53. The number of amides is 2. The van der Waals surface area contributed by atoms with Gasteiger partial charge in [0.2, 0.25) is 21.8 Å². The van der Waals surface area contributed by atoms with E-state index in [0.717, 1.165) is 51.2 Å². The number of benzene rings is 3. The smallest absolute Gasteiger partial charge is 0.244 e. The maximum absolute atomic E-state index is 14.2. The average Bonchev–Trinajstić information content (AvgIpc) is 2.90. The van der Waals surface area contributed by atoms with Crippen LogP contribution in [0.2, 0.25) is 0 Å². The lowest BCUT2D eigenvalue weighted by atomic mass is 10.0. The number of carbonyl (C=O) groups is 2. The number of anilines is 1. The minimum absolute atomic E-state index is 0.175. The van der Waals surface area contributed by atoms with E-state index in [4.69, 9.17) is 0 Å². The molecule has 40 heavy (non-hydrogen) atoms. The summed E-state index contributed by atoms with van der Waals surface area (Å²) in [5.74, 6) is -0.697. The first-order valence-electron chi connectivity index (χ1n) is 13.7. The van der Waals surface area contributed by atoms with Crippen molar-refractivity contribution in [3.8, 4) is 0 Å². The molecule has 0 spiro atoms. The van der Waals surface area contributed by atoms with Crippen LogP contribution >= 0.6 is 0 Å². The van der Waals surface area contributed by atoms with Crippen molar-refractivity contribution in [2.24, 2.45) is 0 Å². The van der Waals surface area contributed by atoms with Gasteiger partial charge in [-0.15, -0.1) is 0 Å². The molecule has 0 aliphatic carbocycles. The normalized spacial score (nSPS) is 12.0. The van der Waals surface area contributed by atoms with Crippen molar-refractivity contribution in [1.82, 2.24) is 10.2 Å². The number of rotatable bonds is 13. The highest BCUT2D eigenvalue weighted by Crippen LogP contribution is 2.25. The van der Waals surface area contributed by atoms with Crippen LogP contribution in [-0.2, 0) is 32.6 Å². The second-order valence-electron chi connectivity index (χ2n) is 10.4. The topological polar surface area (TPSA) is 86.8 Å². The Kier molecular flexibility index (Phi) is 10.9. The Morgan fingerprint density at radius 2 is 1.57 bits per heavy atom. The summed E-state index contributed by atoms with van der Waals surface area (Å²) in [6.07, 6.45) is 3.15. The van der Waals surface area contributed by atoms with Gasteiger partial charge in [-0.1, -0.05) is 85.6 Å². The van der Waals surface area contributed by atoms with Crippen LogP contribution in [0.1, 0.15) is 47.6 Å². The van der Waals surface area contributed by atoms with E-state index < -0.39 is 28.5 Å². The van der Waals surface area contributed by atoms with E-state index in [2.05, 4.69) is 12.2 Å². The molecule has 0 saturated carbocycles. The zero-order valence-corrected chi connectivity index (χ0v) is 25.0. The molecule has 0 unspecified atom stereocenters. The standard InChI is InChI=1S/C32H41N3O4S/c1-6-7-19-33-32(37)30(21-27-14-9-8-10-15-27)34(22-28-16-12-11-13-25(28)3)31(36)23-35(40(5,38)39)29-18-17-24(2)20-26(29)4/h8-18,20,30H,6-7,19,21-23H2,1-5H3,(H,33,37)/t30-/m1/s1. The highest BCUT2D eigenvalue weighted by atomic mass is 32.2. The molecule has 214 valence electrons. The number of hydrogen-bond acceptors (Lipinski definition) is 4. The molecule has 2 amide bonds. The van der Waals surface area contributed by atoms with Crippen LogP contribution in [0.15, 0.2) is 72.8 Å². The Hall–Kier alpha value is -3.65. The molecule has 3 aromatic carbocycles. The molecule has 0 heterocycles. The van der Waals surface area contributed by atoms with Crippen molar-refractivity contribution in [3.63, 3.8) is 0 Å². The fraction of sp³-hybridized carbons (Fsp3) is 0.375. The van der Waals surface area contributed by atoms with Gasteiger partial charge in [0.05, 0.1) is 11.9 Å². The van der Waals surface area contributed by atoms with Crippen LogP contribution < -0.4 is 9.62 Å². The first-order chi connectivity index (χ1) is 19.0. The number of nitrogens with one attached hydrogen (secondary N) is 1. The molecule has 0 saturated heterocycles. The molecule has 1 atom stereocenters. The third kappa shape index (κ3) is 8.42. The number of carbonyl (C=O) groups excluding carboxylic acids is 2. The van der Waals surface area contributed by atoms with Gasteiger partial charge in [-0.2, -0.15) is 0 Å². The first kappa shape index (κ1) is 30.9. The van der Waals surface area contributed by atoms with Crippen molar-refractivity contribution in [3.05, 3.63) is 101 Å². The second kappa shape index (κ2) is 14.1. The fourth-order valence-corrected chi connectivity index (χ4v) is 5.62. The molecular formula is C32H41N3O4S. The molecule has 0 aliphatic heterocycles. The summed E-state index contributed by atoms with van der Waals surface area (Å²) in [5.41, 5.74) is 4.99. The van der Waals surface area contributed by atoms with Crippen molar-refractivity contribution in [1.29, 1.82) is 0 Å². The van der Waals surface area contributed by atoms with E-state index in [0.29, 0.717) is 18.7 Å². The number of sulfonamides is 1. The van der Waals surface area contributed by atoms with Gasteiger partial charge >= 0.3 is 0 Å². The van der Waals surface area contributed by atoms with Crippen molar-refractivity contribution in [2.45, 2.75) is 59.5 Å². The van der Waals surface area contributed by atoms with E-state index in [1.54, 1.807) is 6.07 Å². The quantitative estimate of drug-likeness (QED) is 0.299. The average molecular weight is 564 g/mol. The molecule has 0 aliphatic rings. The molecule has 8 heteroatoms. The summed E-state index contributed by atoms with van der Waals surface area (Å²) < 4.78 is 27.1. The lowest BCUT2D eigenvalue weighted by Gasteiger charge is -2.34. The van der Waals surface area contributed by atoms with Crippen LogP contribution in [0.25, 0.3) is 0 Å². The minimum atomic E-state index is -3.80. The van der Waals surface area contributed by atoms with Crippen LogP contribution in [0, 0.1) is 20.8 Å². The number of nitrogens with zero attached hydrogens (tertiary/aromatic N) is 2. The second-order valence-corrected chi connectivity index (χ2v) is 12.3. The van der Waals surface area contributed by atoms with Crippen molar-refractivity contribution < 1.29 is 18.0 Å². The Morgan fingerprint density at radius 1 is 0.900 bits per heavy atom. The molecule has 3 aromatic rings. The minimum Gasteiger partial charge on any atom is -0.354 e. The molecule has 0 bridgehead atoms. The monoisotopic (exact) mass is 563 g/mol. The largest absolute Gasteiger partial charge is 0.354 e. The molecule has 3 rings (SSSR count). The van der Waals surface area contributed by atoms with Gasteiger partial charge in [0.25, 0.3) is 0 Å². The summed E-state index contributed by atoms with van der Waals surface area (Å²) in [7, 11) is -3.80. The Bertz CT molecular complexity index is 1410. The molecule has 1 N–H and O–H groups in total. The van der Waals surface area contributed by atoms with Gasteiger partial charge in [0.1, 0.15) is 12.6 Å². The van der Waals surface area contributed by atoms with E-state index >= 15 is 0 Å². The molecular weight excluding hydrogens is 522 g/mol. The number of unbranched alkanes of at least 4 members (excludes halogenated alkanes) is 1. The van der Waals surface area contributed by atoms with Crippen molar-refractivity contribution >= 4 is 27.5 Å². The summed E-state index contributed by atoms with van der Waals surface area (Å²) >= 11 is 0.